The highest BCUT2D eigenvalue weighted by Gasteiger charge is 2.73. The molecule has 7 rings (SSSR count). The van der Waals surface area contributed by atoms with Gasteiger partial charge in [-0.25, -0.2) is 17.6 Å². The molecule has 0 aromatic heterocycles. The van der Waals surface area contributed by atoms with Gasteiger partial charge in [0.05, 0.1) is 28.5 Å². The number of benzene rings is 3. The Bertz CT molecular complexity index is 1780. The van der Waals surface area contributed by atoms with Crippen LogP contribution in [0.15, 0.2) is 71.6 Å². The normalized spacial score (nSPS) is 25.6. The van der Waals surface area contributed by atoms with E-state index < -0.39 is 51.2 Å². The third-order valence-electron chi connectivity index (χ3n) is 8.28. The van der Waals surface area contributed by atoms with Crippen LogP contribution in [0.25, 0.3) is 5.57 Å². The molecule has 0 radical (unpaired) electrons. The number of anilines is 1. The lowest BCUT2D eigenvalue weighted by atomic mass is 9.62. The number of piperidine rings is 1. The van der Waals surface area contributed by atoms with Crippen LogP contribution in [0.4, 0.5) is 5.69 Å². The molecular formula is C31H27ClN2O6S. The Labute approximate surface area is 242 Å². The minimum atomic E-state index is -4.56. The van der Waals surface area contributed by atoms with Crippen LogP contribution in [0.2, 0.25) is 5.02 Å². The van der Waals surface area contributed by atoms with E-state index in [1.165, 1.54) is 6.08 Å². The Kier molecular flexibility index (Phi) is 6.08. The highest BCUT2D eigenvalue weighted by atomic mass is 35.5. The van der Waals surface area contributed by atoms with Crippen LogP contribution in [0.5, 0.6) is 0 Å². The van der Waals surface area contributed by atoms with Crippen molar-refractivity contribution in [2.24, 2.45) is 11.8 Å². The van der Waals surface area contributed by atoms with Crippen molar-refractivity contribution in [3.8, 4) is 0 Å². The van der Waals surface area contributed by atoms with E-state index in [4.69, 9.17) is 11.6 Å². The fourth-order valence-electron chi connectivity index (χ4n) is 6.64. The second kappa shape index (κ2) is 9.11. The monoisotopic (exact) mass is 590 g/mol. The van der Waals surface area contributed by atoms with Crippen molar-refractivity contribution in [2.75, 3.05) is 4.90 Å². The number of aryl methyl sites for hydroxylation is 4. The van der Waals surface area contributed by atoms with Gasteiger partial charge in [0.2, 0.25) is 11.8 Å². The van der Waals surface area contributed by atoms with Crippen LogP contribution in [0.1, 0.15) is 27.8 Å². The number of sulfonamides is 1. The number of amides is 3. The summed E-state index contributed by atoms with van der Waals surface area (Å²) in [5.74, 6) is -5.44. The average molecular weight is 591 g/mol. The van der Waals surface area contributed by atoms with Crippen molar-refractivity contribution < 1.29 is 27.9 Å². The molecule has 10 heteroatoms. The van der Waals surface area contributed by atoms with Crippen LogP contribution in [0.3, 0.4) is 0 Å². The number of halogens is 1. The predicted octanol–water partition coefficient (Wildman–Crippen LogP) is 4.11. The molecule has 41 heavy (non-hydrogen) atoms. The molecule has 2 bridgehead atoms. The molecule has 4 aliphatic rings. The Morgan fingerprint density at radius 1 is 0.829 bits per heavy atom. The summed E-state index contributed by atoms with van der Waals surface area (Å²) in [5, 5.41) is 12.8. The second-order valence-corrected chi connectivity index (χ2v) is 13.2. The molecule has 0 spiro atoms. The first kappa shape index (κ1) is 27.4. The van der Waals surface area contributed by atoms with Crippen molar-refractivity contribution in [3.63, 3.8) is 0 Å². The zero-order chi connectivity index (χ0) is 29.6. The summed E-state index contributed by atoms with van der Waals surface area (Å²) in [6.45, 7) is 6.96. The van der Waals surface area contributed by atoms with Gasteiger partial charge in [-0.05, 0) is 74.2 Å². The van der Waals surface area contributed by atoms with Crippen molar-refractivity contribution in [1.29, 1.82) is 0 Å². The SMILES string of the molecule is Cc1ccc(N2C(=O)C3C4C=C(c5ccc(Cl)cc5)C(O)(C(=O)N4S(=O)(=O)c4c(C)cc(C)cc4C)C3C2=O)cc1. The first-order valence-corrected chi connectivity index (χ1v) is 14.9. The summed E-state index contributed by atoms with van der Waals surface area (Å²) >= 11 is 6.07. The highest BCUT2D eigenvalue weighted by molar-refractivity contribution is 7.89. The van der Waals surface area contributed by atoms with Gasteiger partial charge in [0.25, 0.3) is 15.9 Å². The molecule has 210 valence electrons. The van der Waals surface area contributed by atoms with Gasteiger partial charge in [0.15, 0.2) is 5.60 Å². The van der Waals surface area contributed by atoms with E-state index in [0.29, 0.717) is 26.0 Å². The van der Waals surface area contributed by atoms with Crippen molar-refractivity contribution in [2.45, 2.75) is 44.2 Å². The van der Waals surface area contributed by atoms with Crippen LogP contribution in [-0.2, 0) is 24.4 Å². The van der Waals surface area contributed by atoms with Crippen molar-refractivity contribution >= 4 is 50.6 Å². The van der Waals surface area contributed by atoms with Crippen LogP contribution >= 0.6 is 11.6 Å². The molecule has 0 saturated carbocycles. The number of rotatable bonds is 4. The lowest BCUT2D eigenvalue weighted by Gasteiger charge is -2.52. The number of nitrogens with zero attached hydrogens (tertiary/aromatic N) is 2. The maximum atomic E-state index is 14.3. The molecular weight excluding hydrogens is 564 g/mol. The number of aliphatic hydroxyl groups is 1. The molecule has 3 aromatic rings. The van der Waals surface area contributed by atoms with Crippen molar-refractivity contribution in [3.05, 3.63) is 99.6 Å². The number of fused-ring (bicyclic) bond motifs is 1. The molecule has 3 amide bonds. The van der Waals surface area contributed by atoms with Crippen molar-refractivity contribution in [1.82, 2.24) is 4.31 Å². The van der Waals surface area contributed by atoms with Crippen LogP contribution in [-0.4, -0.2) is 47.2 Å². The maximum Gasteiger partial charge on any atom is 0.274 e. The summed E-state index contributed by atoms with van der Waals surface area (Å²) in [6, 6.07) is 15.1. The van der Waals surface area contributed by atoms with E-state index >= 15 is 0 Å². The molecule has 3 aliphatic heterocycles. The molecule has 1 N–H and O–H groups in total. The Morgan fingerprint density at radius 2 is 1.41 bits per heavy atom. The van der Waals surface area contributed by atoms with Gasteiger partial charge >= 0.3 is 0 Å². The highest BCUT2D eigenvalue weighted by Crippen LogP contribution is 2.55. The van der Waals surface area contributed by atoms with Gasteiger partial charge in [0.1, 0.15) is 0 Å². The number of hydrogen-bond donors (Lipinski definition) is 1. The third-order valence-corrected chi connectivity index (χ3v) is 10.6. The van der Waals surface area contributed by atoms with E-state index in [1.807, 2.05) is 13.8 Å². The Hall–Kier alpha value is -3.79. The fourth-order valence-corrected chi connectivity index (χ4v) is 8.77. The first-order chi connectivity index (χ1) is 19.3. The Balaban J connectivity index is 1.58. The summed E-state index contributed by atoms with van der Waals surface area (Å²) in [5.41, 5.74) is 0.728. The van der Waals surface area contributed by atoms with Gasteiger partial charge in [0, 0.05) is 5.02 Å². The lowest BCUT2D eigenvalue weighted by molar-refractivity contribution is -0.162. The minimum absolute atomic E-state index is 0.0705. The molecule has 3 heterocycles. The predicted molar refractivity (Wildman–Crippen MR) is 154 cm³/mol. The summed E-state index contributed by atoms with van der Waals surface area (Å²) in [6.07, 6.45) is 1.44. The average Bonchev–Trinajstić information content (AvgIpc) is 3.16. The molecule has 2 saturated heterocycles. The lowest BCUT2D eigenvalue weighted by Crippen LogP contribution is -2.70. The fraction of sp³-hybridized carbons (Fsp3) is 0.258. The largest absolute Gasteiger partial charge is 0.375 e. The number of imide groups is 1. The van der Waals surface area contributed by atoms with Crippen LogP contribution < -0.4 is 4.90 Å². The van der Waals surface area contributed by atoms with E-state index in [-0.39, 0.29) is 16.2 Å². The molecule has 4 atom stereocenters. The van der Waals surface area contributed by atoms with E-state index in [0.717, 1.165) is 16.0 Å². The third kappa shape index (κ3) is 3.76. The second-order valence-electron chi connectivity index (χ2n) is 11.0. The number of hydrogen-bond acceptors (Lipinski definition) is 6. The standard InChI is InChI=1S/C31H27ClN2O6S/c1-16-5-11-22(12-6-16)33-28(35)25-24-15-23(20-7-9-21(32)10-8-20)31(38,26(25)29(33)36)30(37)34(24)41(39,40)27-18(3)13-17(2)14-19(27)4/h5-15,24-26,38H,1-4H3. The van der Waals surface area contributed by atoms with Gasteiger partial charge in [-0.15, -0.1) is 0 Å². The van der Waals surface area contributed by atoms with Gasteiger partial charge in [-0.2, -0.15) is 0 Å². The zero-order valence-corrected chi connectivity index (χ0v) is 24.3. The smallest absolute Gasteiger partial charge is 0.274 e. The molecule has 3 aromatic carbocycles. The number of carbonyl (C=O) groups excluding carboxylic acids is 3. The maximum absolute atomic E-state index is 14.3. The van der Waals surface area contributed by atoms with E-state index in [1.54, 1.807) is 74.5 Å². The summed E-state index contributed by atoms with van der Waals surface area (Å²) in [4.78, 5) is 43.1. The van der Waals surface area contributed by atoms with Gasteiger partial charge < -0.3 is 5.11 Å². The topological polar surface area (TPSA) is 112 Å². The molecule has 2 fully saturated rings. The van der Waals surface area contributed by atoms with E-state index in [9.17, 15) is 27.9 Å². The van der Waals surface area contributed by atoms with E-state index in [2.05, 4.69) is 0 Å². The minimum Gasteiger partial charge on any atom is -0.375 e. The number of carbonyl (C=O) groups is 3. The summed E-state index contributed by atoms with van der Waals surface area (Å²) in [7, 11) is -4.56. The first-order valence-electron chi connectivity index (χ1n) is 13.1. The quantitative estimate of drug-likeness (QED) is 0.458. The van der Waals surface area contributed by atoms with Gasteiger partial charge in [-0.3, -0.25) is 14.4 Å². The summed E-state index contributed by atoms with van der Waals surface area (Å²) < 4.78 is 29.2. The molecule has 4 unspecified atom stereocenters. The van der Waals surface area contributed by atoms with Gasteiger partial charge in [-0.1, -0.05) is 65.2 Å². The van der Waals surface area contributed by atoms with Crippen LogP contribution in [0, 0.1) is 39.5 Å². The zero-order valence-electron chi connectivity index (χ0n) is 22.8. The Morgan fingerprint density at radius 3 is 2.00 bits per heavy atom. The molecule has 1 aliphatic carbocycles. The molecule has 8 nitrogen and oxygen atoms in total.